The molecule has 2 saturated carbocycles. The standard InChI is InChI=1S/C46H55ClN8O6/c1-26(2)54(29-18-31(19-29)60-37-9-7-8-32-33(37)25-55(42(32)59)36-12-13-39(56)51-41(36)58)24-27-14-16-53(17-15-27)38-23-49-35(22-50-38)40(57)52-43-45(3,4)44(46(43,5)6)61-30-11-10-28(21-48)34(47)20-30/h7-11,20,22-23,26-27,29,31,36,43-44H,12-19,24-25H2,1-6H3,(H,52,57)(H,51,56,58)/t29?,31?,36-,43?,44?/m1/s1. The lowest BCUT2D eigenvalue weighted by molar-refractivity contribution is -0.164. The number of hydrogen-bond acceptors (Lipinski definition) is 11. The van der Waals surface area contributed by atoms with Crippen LogP contribution in [0.3, 0.4) is 0 Å². The zero-order chi connectivity index (χ0) is 43.4. The van der Waals surface area contributed by atoms with Crippen LogP contribution in [0.15, 0.2) is 48.8 Å². The van der Waals surface area contributed by atoms with Gasteiger partial charge in [-0.25, -0.2) is 9.97 Å². The molecule has 1 atom stereocenters. The molecule has 8 rings (SSSR count). The van der Waals surface area contributed by atoms with Gasteiger partial charge in [-0.1, -0.05) is 45.4 Å². The number of ether oxygens (including phenoxy) is 2. The third-order valence-corrected chi connectivity index (χ3v) is 14.1. The fraction of sp³-hybridized carbons (Fsp3) is 0.543. The van der Waals surface area contributed by atoms with Crippen LogP contribution >= 0.6 is 11.6 Å². The predicted molar refractivity (Wildman–Crippen MR) is 228 cm³/mol. The molecule has 3 aromatic rings. The fourth-order valence-corrected chi connectivity index (χ4v) is 10.8. The van der Waals surface area contributed by atoms with Crippen LogP contribution in [0.25, 0.3) is 0 Å². The Kier molecular flexibility index (Phi) is 11.5. The minimum atomic E-state index is -0.656. The van der Waals surface area contributed by atoms with Crippen molar-refractivity contribution in [2.75, 3.05) is 24.5 Å². The first-order valence-corrected chi connectivity index (χ1v) is 21.9. The molecule has 2 saturated heterocycles. The minimum Gasteiger partial charge on any atom is -0.490 e. The Hall–Kier alpha value is -5.26. The first kappa shape index (κ1) is 42.4. The predicted octanol–water partition coefficient (Wildman–Crippen LogP) is 5.91. The molecule has 61 heavy (non-hydrogen) atoms. The summed E-state index contributed by atoms with van der Waals surface area (Å²) >= 11 is 6.25. The van der Waals surface area contributed by atoms with Crippen LogP contribution in [0, 0.1) is 28.1 Å². The first-order chi connectivity index (χ1) is 29.0. The number of halogens is 1. The number of hydrogen-bond donors (Lipinski definition) is 2. The van der Waals surface area contributed by atoms with Gasteiger partial charge in [0, 0.05) is 85.0 Å². The summed E-state index contributed by atoms with van der Waals surface area (Å²) in [6.45, 7) is 15.8. The maximum absolute atomic E-state index is 13.5. The van der Waals surface area contributed by atoms with Crippen LogP contribution in [-0.2, 0) is 16.1 Å². The number of benzene rings is 2. The van der Waals surface area contributed by atoms with Crippen molar-refractivity contribution < 1.29 is 28.7 Å². The number of nitrogens with zero attached hydrogens (tertiary/aromatic N) is 6. The monoisotopic (exact) mass is 850 g/mol. The van der Waals surface area contributed by atoms with Crippen LogP contribution in [0.1, 0.15) is 112 Å². The average molecular weight is 851 g/mol. The molecule has 14 nitrogen and oxygen atoms in total. The number of piperidine rings is 2. The summed E-state index contributed by atoms with van der Waals surface area (Å²) in [7, 11) is 0. The second-order valence-corrected chi connectivity index (χ2v) is 19.2. The van der Waals surface area contributed by atoms with Crippen molar-refractivity contribution in [2.24, 2.45) is 16.7 Å². The lowest BCUT2D eigenvalue weighted by atomic mass is 9.49. The SMILES string of the molecule is CC(C)N(CC1CCN(c2cnc(C(=O)NC3C(C)(C)C(Oc4ccc(C#N)c(Cl)c4)C3(C)C)cn2)CC1)C1CC(Oc2cccc3c2CN([C@@H]2CCC(=O)NC2=O)C3=O)C1. The van der Waals surface area contributed by atoms with E-state index in [4.69, 9.17) is 21.1 Å². The Balaban J connectivity index is 0.800. The van der Waals surface area contributed by atoms with E-state index >= 15 is 0 Å². The van der Waals surface area contributed by atoms with E-state index in [0.29, 0.717) is 58.6 Å². The molecule has 1 aromatic heterocycles. The number of anilines is 1. The molecule has 3 aliphatic heterocycles. The highest BCUT2D eigenvalue weighted by atomic mass is 35.5. The maximum atomic E-state index is 13.5. The van der Waals surface area contributed by atoms with Gasteiger partial charge < -0.3 is 24.6 Å². The number of rotatable bonds is 12. The molecule has 0 spiro atoms. The van der Waals surface area contributed by atoms with Gasteiger partial charge in [0.1, 0.15) is 47.3 Å². The quantitative estimate of drug-likeness (QED) is 0.208. The number of carbonyl (C=O) groups excluding carboxylic acids is 4. The number of fused-ring (bicyclic) bond motifs is 1. The molecule has 2 N–H and O–H groups in total. The third-order valence-electron chi connectivity index (χ3n) is 13.7. The van der Waals surface area contributed by atoms with Crippen molar-refractivity contribution in [2.45, 2.75) is 123 Å². The van der Waals surface area contributed by atoms with Gasteiger partial charge in [0.25, 0.3) is 11.8 Å². The van der Waals surface area contributed by atoms with Gasteiger partial charge in [0.2, 0.25) is 11.8 Å². The molecule has 15 heteroatoms. The molecule has 4 heterocycles. The van der Waals surface area contributed by atoms with Crippen LogP contribution in [0.2, 0.25) is 5.02 Å². The first-order valence-electron chi connectivity index (χ1n) is 21.5. The zero-order valence-electron chi connectivity index (χ0n) is 35.7. The van der Waals surface area contributed by atoms with E-state index in [0.717, 1.165) is 56.7 Å². The Morgan fingerprint density at radius 1 is 1.03 bits per heavy atom. The lowest BCUT2D eigenvalue weighted by Gasteiger charge is -2.63. The Bertz CT molecular complexity index is 2230. The summed E-state index contributed by atoms with van der Waals surface area (Å²) in [5, 5.41) is 15.1. The van der Waals surface area contributed by atoms with Crippen LogP contribution in [0.4, 0.5) is 5.82 Å². The van der Waals surface area contributed by atoms with Gasteiger partial charge >= 0.3 is 0 Å². The normalized spacial score (nSPS) is 25.6. The molecular formula is C46H55ClN8O6. The average Bonchev–Trinajstić information content (AvgIpc) is 3.55. The summed E-state index contributed by atoms with van der Waals surface area (Å²) in [4.78, 5) is 66.7. The van der Waals surface area contributed by atoms with E-state index in [1.54, 1.807) is 41.6 Å². The van der Waals surface area contributed by atoms with Gasteiger partial charge in [0.15, 0.2) is 0 Å². The van der Waals surface area contributed by atoms with E-state index < -0.39 is 22.8 Å². The highest BCUT2D eigenvalue weighted by molar-refractivity contribution is 6.31. The van der Waals surface area contributed by atoms with E-state index in [2.05, 4.69) is 78.0 Å². The molecule has 0 radical (unpaired) electrons. The van der Waals surface area contributed by atoms with E-state index in [1.807, 2.05) is 12.1 Å². The Labute approximate surface area is 362 Å². The van der Waals surface area contributed by atoms with Gasteiger partial charge in [0.05, 0.1) is 29.5 Å². The van der Waals surface area contributed by atoms with Crippen LogP contribution < -0.4 is 25.0 Å². The molecule has 2 aromatic carbocycles. The van der Waals surface area contributed by atoms with E-state index in [9.17, 15) is 24.4 Å². The van der Waals surface area contributed by atoms with Crippen molar-refractivity contribution in [3.63, 3.8) is 0 Å². The van der Waals surface area contributed by atoms with Crippen molar-refractivity contribution in [3.05, 3.63) is 76.2 Å². The second kappa shape index (κ2) is 16.5. The fourth-order valence-electron chi connectivity index (χ4n) is 10.6. The maximum Gasteiger partial charge on any atom is 0.271 e. The van der Waals surface area contributed by atoms with Gasteiger partial charge in [-0.3, -0.25) is 29.4 Å². The van der Waals surface area contributed by atoms with Crippen molar-refractivity contribution >= 4 is 41.0 Å². The third kappa shape index (κ3) is 8.14. The summed E-state index contributed by atoms with van der Waals surface area (Å²) < 4.78 is 12.9. The highest BCUT2D eigenvalue weighted by Gasteiger charge is 2.64. The number of nitrogens with one attached hydrogen (secondary N) is 2. The Morgan fingerprint density at radius 2 is 1.77 bits per heavy atom. The molecule has 322 valence electrons. The second-order valence-electron chi connectivity index (χ2n) is 18.8. The zero-order valence-corrected chi connectivity index (χ0v) is 36.5. The summed E-state index contributed by atoms with van der Waals surface area (Å²) in [6.07, 6.45) is 7.50. The Morgan fingerprint density at radius 3 is 2.41 bits per heavy atom. The molecule has 0 bridgehead atoms. The molecule has 2 aliphatic carbocycles. The van der Waals surface area contributed by atoms with Crippen molar-refractivity contribution in [1.29, 1.82) is 5.26 Å². The largest absolute Gasteiger partial charge is 0.490 e. The smallest absolute Gasteiger partial charge is 0.271 e. The molecular weight excluding hydrogens is 796 g/mol. The van der Waals surface area contributed by atoms with Gasteiger partial charge in [-0.05, 0) is 63.3 Å². The highest BCUT2D eigenvalue weighted by Crippen LogP contribution is 2.55. The summed E-state index contributed by atoms with van der Waals surface area (Å²) in [6, 6.07) is 12.6. The minimum absolute atomic E-state index is 0.0424. The molecule has 4 amide bonds. The number of nitriles is 1. The van der Waals surface area contributed by atoms with Crippen LogP contribution in [-0.4, -0.2) is 99.4 Å². The summed E-state index contributed by atoms with van der Waals surface area (Å²) in [5.41, 5.74) is 1.24. The van der Waals surface area contributed by atoms with E-state index in [1.165, 1.54) is 0 Å². The lowest BCUT2D eigenvalue weighted by Crippen LogP contribution is -2.74. The summed E-state index contributed by atoms with van der Waals surface area (Å²) in [5.74, 6) is 1.39. The van der Waals surface area contributed by atoms with Gasteiger partial charge in [-0.2, -0.15) is 5.26 Å². The number of aromatic nitrogens is 2. The topological polar surface area (TPSA) is 170 Å². The van der Waals surface area contributed by atoms with Crippen molar-refractivity contribution in [3.8, 4) is 17.6 Å². The number of imide groups is 1. The van der Waals surface area contributed by atoms with Crippen molar-refractivity contribution in [1.82, 2.24) is 30.4 Å². The van der Waals surface area contributed by atoms with Crippen LogP contribution in [0.5, 0.6) is 11.5 Å². The molecule has 4 fully saturated rings. The van der Waals surface area contributed by atoms with E-state index in [-0.39, 0.29) is 48.1 Å². The van der Waals surface area contributed by atoms with Gasteiger partial charge in [-0.15, -0.1) is 0 Å². The molecule has 5 aliphatic rings. The number of amides is 4. The molecule has 0 unspecified atom stereocenters. The number of carbonyl (C=O) groups is 4.